The number of ether oxygens (including phenoxy) is 2. The molecular weight excluding hydrogens is 230 g/mol. The van der Waals surface area contributed by atoms with Crippen molar-refractivity contribution in [2.75, 3.05) is 20.3 Å². The molecule has 0 bridgehead atoms. The Hall–Kier alpha value is -0.610. The average molecular weight is 257 g/mol. The molecule has 1 unspecified atom stereocenters. The van der Waals surface area contributed by atoms with Gasteiger partial charge in [0.1, 0.15) is 5.54 Å². The standard InChI is InChI=1S/C14H27NO3/c1-10(2)8-18-9-14(12-6-7-12,13(16)17-5)15-11(3)4/h10-12,15H,6-9H2,1-5H3. The van der Waals surface area contributed by atoms with E-state index >= 15 is 0 Å². The van der Waals surface area contributed by atoms with Gasteiger partial charge in [0.25, 0.3) is 0 Å². The highest BCUT2D eigenvalue weighted by Crippen LogP contribution is 2.41. The number of hydrogen-bond acceptors (Lipinski definition) is 4. The maximum atomic E-state index is 12.2. The molecular formula is C14H27NO3. The fourth-order valence-electron chi connectivity index (χ4n) is 2.29. The first-order valence-electron chi connectivity index (χ1n) is 6.86. The predicted octanol–water partition coefficient (Wildman–Crippen LogP) is 1.98. The van der Waals surface area contributed by atoms with Gasteiger partial charge in [0.2, 0.25) is 0 Å². The molecule has 0 saturated heterocycles. The predicted molar refractivity (Wildman–Crippen MR) is 71.4 cm³/mol. The molecule has 18 heavy (non-hydrogen) atoms. The Morgan fingerprint density at radius 2 is 1.94 bits per heavy atom. The summed E-state index contributed by atoms with van der Waals surface area (Å²) in [7, 11) is 1.45. The molecule has 1 saturated carbocycles. The van der Waals surface area contributed by atoms with Crippen LogP contribution in [0.1, 0.15) is 40.5 Å². The molecule has 0 aromatic heterocycles. The molecule has 1 aliphatic rings. The molecule has 0 aliphatic heterocycles. The van der Waals surface area contributed by atoms with Crippen LogP contribution in [-0.4, -0.2) is 37.9 Å². The van der Waals surface area contributed by atoms with Gasteiger partial charge in [-0.1, -0.05) is 13.8 Å². The quantitative estimate of drug-likeness (QED) is 0.675. The van der Waals surface area contributed by atoms with Crippen LogP contribution in [0, 0.1) is 11.8 Å². The number of nitrogens with one attached hydrogen (secondary N) is 1. The highest BCUT2D eigenvalue weighted by molar-refractivity contribution is 5.82. The van der Waals surface area contributed by atoms with Gasteiger partial charge in [0.15, 0.2) is 0 Å². The normalized spacial score (nSPS) is 19.1. The Morgan fingerprint density at radius 1 is 1.33 bits per heavy atom. The Labute approximate surface area is 110 Å². The van der Waals surface area contributed by atoms with Gasteiger partial charge in [-0.2, -0.15) is 0 Å². The lowest BCUT2D eigenvalue weighted by atomic mass is 9.93. The third kappa shape index (κ3) is 3.95. The maximum Gasteiger partial charge on any atom is 0.328 e. The van der Waals surface area contributed by atoms with Crippen molar-refractivity contribution < 1.29 is 14.3 Å². The third-order valence-corrected chi connectivity index (χ3v) is 3.15. The first kappa shape index (κ1) is 15.4. The van der Waals surface area contributed by atoms with Crippen LogP contribution < -0.4 is 5.32 Å². The zero-order chi connectivity index (χ0) is 13.8. The Bertz CT molecular complexity index is 274. The number of esters is 1. The van der Waals surface area contributed by atoms with E-state index in [1.807, 2.05) is 13.8 Å². The Morgan fingerprint density at radius 3 is 2.33 bits per heavy atom. The van der Waals surface area contributed by atoms with E-state index in [0.29, 0.717) is 25.0 Å². The minimum atomic E-state index is -0.655. The van der Waals surface area contributed by atoms with Crippen LogP contribution in [0.4, 0.5) is 0 Å². The third-order valence-electron chi connectivity index (χ3n) is 3.15. The van der Waals surface area contributed by atoms with E-state index in [9.17, 15) is 4.79 Å². The van der Waals surface area contributed by atoms with E-state index in [-0.39, 0.29) is 12.0 Å². The number of methoxy groups -OCH3 is 1. The Balaban J connectivity index is 2.73. The number of carbonyl (C=O) groups excluding carboxylic acids is 1. The molecule has 106 valence electrons. The van der Waals surface area contributed by atoms with Gasteiger partial charge in [0, 0.05) is 12.6 Å². The van der Waals surface area contributed by atoms with Gasteiger partial charge in [0.05, 0.1) is 13.7 Å². The van der Waals surface area contributed by atoms with Gasteiger partial charge in [-0.3, -0.25) is 5.32 Å². The van der Waals surface area contributed by atoms with Crippen LogP contribution in [0.15, 0.2) is 0 Å². The highest BCUT2D eigenvalue weighted by atomic mass is 16.5. The van der Waals surface area contributed by atoms with Crippen LogP contribution in [0.5, 0.6) is 0 Å². The highest BCUT2D eigenvalue weighted by Gasteiger charge is 2.52. The molecule has 1 fully saturated rings. The SMILES string of the molecule is COC(=O)C(COCC(C)C)(NC(C)C)C1CC1. The lowest BCUT2D eigenvalue weighted by Crippen LogP contribution is -2.60. The van der Waals surface area contributed by atoms with Gasteiger partial charge in [-0.15, -0.1) is 0 Å². The van der Waals surface area contributed by atoms with Gasteiger partial charge in [-0.05, 0) is 38.5 Å². The van der Waals surface area contributed by atoms with E-state index in [2.05, 4.69) is 19.2 Å². The van der Waals surface area contributed by atoms with Crippen molar-refractivity contribution in [2.45, 2.75) is 52.1 Å². The molecule has 4 nitrogen and oxygen atoms in total. The van der Waals surface area contributed by atoms with Crippen LogP contribution in [0.3, 0.4) is 0 Å². The summed E-state index contributed by atoms with van der Waals surface area (Å²) >= 11 is 0. The van der Waals surface area contributed by atoms with Crippen LogP contribution in [0.2, 0.25) is 0 Å². The summed E-state index contributed by atoms with van der Waals surface area (Å²) in [6.07, 6.45) is 2.14. The first-order chi connectivity index (χ1) is 8.42. The fraction of sp³-hybridized carbons (Fsp3) is 0.929. The summed E-state index contributed by atoms with van der Waals surface area (Å²) in [4.78, 5) is 12.2. The molecule has 1 atom stereocenters. The lowest BCUT2D eigenvalue weighted by molar-refractivity contribution is -0.153. The van der Waals surface area contributed by atoms with Crippen LogP contribution in [-0.2, 0) is 14.3 Å². The van der Waals surface area contributed by atoms with Crippen LogP contribution >= 0.6 is 0 Å². The monoisotopic (exact) mass is 257 g/mol. The summed E-state index contributed by atoms with van der Waals surface area (Å²) < 4.78 is 10.7. The van der Waals surface area contributed by atoms with Crippen molar-refractivity contribution in [3.63, 3.8) is 0 Å². The molecule has 1 N–H and O–H groups in total. The molecule has 1 aliphatic carbocycles. The van der Waals surface area contributed by atoms with E-state index < -0.39 is 5.54 Å². The second-order valence-corrected chi connectivity index (χ2v) is 5.95. The Kier molecular flexibility index (Phi) is 5.60. The van der Waals surface area contributed by atoms with Crippen molar-refractivity contribution in [1.82, 2.24) is 5.32 Å². The second-order valence-electron chi connectivity index (χ2n) is 5.95. The van der Waals surface area contributed by atoms with Gasteiger partial charge in [-0.25, -0.2) is 4.79 Å². The lowest BCUT2D eigenvalue weighted by Gasteiger charge is -2.34. The number of rotatable bonds is 8. The molecule has 0 spiro atoms. The summed E-state index contributed by atoms with van der Waals surface area (Å²) in [5.41, 5.74) is -0.655. The summed E-state index contributed by atoms with van der Waals surface area (Å²) in [6.45, 7) is 9.37. The van der Waals surface area contributed by atoms with Crippen molar-refractivity contribution in [3.8, 4) is 0 Å². The van der Waals surface area contributed by atoms with Crippen molar-refractivity contribution >= 4 is 5.97 Å². The zero-order valence-corrected chi connectivity index (χ0v) is 12.3. The molecule has 4 heteroatoms. The van der Waals surface area contributed by atoms with Crippen molar-refractivity contribution in [1.29, 1.82) is 0 Å². The zero-order valence-electron chi connectivity index (χ0n) is 12.3. The molecule has 0 aromatic carbocycles. The van der Waals surface area contributed by atoms with Crippen molar-refractivity contribution in [3.05, 3.63) is 0 Å². The molecule has 0 aromatic rings. The summed E-state index contributed by atoms with van der Waals surface area (Å²) in [5, 5.41) is 3.38. The van der Waals surface area contributed by atoms with Crippen LogP contribution in [0.25, 0.3) is 0 Å². The minimum absolute atomic E-state index is 0.192. The van der Waals surface area contributed by atoms with E-state index in [1.54, 1.807) is 0 Å². The van der Waals surface area contributed by atoms with E-state index in [0.717, 1.165) is 12.8 Å². The minimum Gasteiger partial charge on any atom is -0.468 e. The first-order valence-corrected chi connectivity index (χ1v) is 6.86. The second kappa shape index (κ2) is 6.53. The van der Waals surface area contributed by atoms with Gasteiger partial charge < -0.3 is 9.47 Å². The maximum absolute atomic E-state index is 12.2. The largest absolute Gasteiger partial charge is 0.468 e. The summed E-state index contributed by atoms with van der Waals surface area (Å²) in [6, 6.07) is 0.229. The molecule has 0 heterocycles. The van der Waals surface area contributed by atoms with E-state index in [4.69, 9.17) is 9.47 Å². The molecule has 0 amide bonds. The fourth-order valence-corrected chi connectivity index (χ4v) is 2.29. The number of carbonyl (C=O) groups is 1. The topological polar surface area (TPSA) is 47.6 Å². The number of hydrogen-bond donors (Lipinski definition) is 1. The summed E-state index contributed by atoms with van der Waals surface area (Å²) in [5.74, 6) is 0.626. The molecule has 1 rings (SSSR count). The van der Waals surface area contributed by atoms with E-state index in [1.165, 1.54) is 7.11 Å². The van der Waals surface area contributed by atoms with Gasteiger partial charge >= 0.3 is 5.97 Å². The van der Waals surface area contributed by atoms with Crippen molar-refractivity contribution in [2.24, 2.45) is 11.8 Å². The average Bonchev–Trinajstić information content (AvgIpc) is 3.09. The molecule has 0 radical (unpaired) electrons. The smallest absolute Gasteiger partial charge is 0.328 e.